The lowest BCUT2D eigenvalue weighted by atomic mass is 10.2. The van der Waals surface area contributed by atoms with Gasteiger partial charge >= 0.3 is 0 Å². The van der Waals surface area contributed by atoms with Crippen LogP contribution in [0.1, 0.15) is 5.56 Å². The van der Waals surface area contributed by atoms with Crippen LogP contribution < -0.4 is 10.2 Å². The second-order valence-electron chi connectivity index (χ2n) is 5.41. The summed E-state index contributed by atoms with van der Waals surface area (Å²) in [6, 6.07) is 11.4. The molecule has 0 bridgehead atoms. The predicted molar refractivity (Wildman–Crippen MR) is 93.6 cm³/mol. The molecule has 0 aliphatic heterocycles. The van der Waals surface area contributed by atoms with E-state index in [1.165, 1.54) is 18.2 Å². The minimum absolute atomic E-state index is 0.123. The van der Waals surface area contributed by atoms with Gasteiger partial charge in [0.05, 0.1) is 22.7 Å². The number of carbonyl (C=O) groups is 1. The average molecular weight is 369 g/mol. The van der Waals surface area contributed by atoms with Crippen molar-refractivity contribution in [2.24, 2.45) is 0 Å². The molecule has 0 spiro atoms. The lowest BCUT2D eigenvalue weighted by molar-refractivity contribution is -0.885. The standard InChI is InChI=1S/C16H15Cl2N3O3/c1-20(9-11-3-2-4-12(17)7-11)10-16(22)19-15-6-5-13(21(23)24)8-14(15)18/h2-8H,9-10H2,1H3,(H,19,22)/p+1. The molecular weight excluding hydrogens is 353 g/mol. The molecule has 8 heteroatoms. The second-order valence-corrected chi connectivity index (χ2v) is 6.25. The van der Waals surface area contributed by atoms with Gasteiger partial charge in [0.25, 0.3) is 11.6 Å². The fourth-order valence-corrected chi connectivity index (χ4v) is 2.68. The van der Waals surface area contributed by atoms with Gasteiger partial charge in [-0.05, 0) is 18.2 Å². The molecule has 0 aromatic heterocycles. The van der Waals surface area contributed by atoms with Crippen molar-refractivity contribution < 1.29 is 14.6 Å². The van der Waals surface area contributed by atoms with Gasteiger partial charge < -0.3 is 10.2 Å². The van der Waals surface area contributed by atoms with Crippen LogP contribution in [0.4, 0.5) is 11.4 Å². The molecular formula is C16H16Cl2N3O3+. The average Bonchev–Trinajstić information content (AvgIpc) is 2.48. The number of benzene rings is 2. The number of anilines is 1. The Balaban J connectivity index is 1.94. The molecule has 2 rings (SSSR count). The Morgan fingerprint density at radius 1 is 1.25 bits per heavy atom. The molecule has 2 aromatic carbocycles. The fourth-order valence-electron chi connectivity index (χ4n) is 2.25. The first-order valence-electron chi connectivity index (χ1n) is 7.14. The van der Waals surface area contributed by atoms with Crippen LogP contribution in [-0.4, -0.2) is 24.4 Å². The number of non-ortho nitro benzene ring substituents is 1. The Morgan fingerprint density at radius 2 is 2.00 bits per heavy atom. The van der Waals surface area contributed by atoms with E-state index in [-0.39, 0.29) is 23.2 Å². The van der Waals surface area contributed by atoms with E-state index in [1.54, 1.807) is 6.07 Å². The molecule has 0 heterocycles. The SMILES string of the molecule is C[NH+](CC(=O)Nc1ccc([N+](=O)[O-])cc1Cl)Cc1cccc(Cl)c1. The van der Waals surface area contributed by atoms with Crippen LogP contribution in [0.15, 0.2) is 42.5 Å². The van der Waals surface area contributed by atoms with E-state index < -0.39 is 4.92 Å². The molecule has 0 saturated carbocycles. The minimum atomic E-state index is -0.541. The maximum absolute atomic E-state index is 12.1. The van der Waals surface area contributed by atoms with Crippen LogP contribution in [0.25, 0.3) is 0 Å². The Morgan fingerprint density at radius 3 is 2.62 bits per heavy atom. The first-order chi connectivity index (χ1) is 11.3. The van der Waals surface area contributed by atoms with Crippen molar-refractivity contribution in [2.75, 3.05) is 18.9 Å². The van der Waals surface area contributed by atoms with Gasteiger partial charge in [0.15, 0.2) is 6.54 Å². The predicted octanol–water partition coefficient (Wildman–Crippen LogP) is 2.56. The molecule has 1 unspecified atom stereocenters. The van der Waals surface area contributed by atoms with Crippen molar-refractivity contribution in [3.05, 3.63) is 68.2 Å². The smallest absolute Gasteiger partial charge is 0.279 e. The number of halogens is 2. The lowest BCUT2D eigenvalue weighted by Gasteiger charge is -2.14. The molecule has 0 aliphatic carbocycles. The van der Waals surface area contributed by atoms with Crippen LogP contribution in [0.3, 0.4) is 0 Å². The number of hydrogen-bond donors (Lipinski definition) is 2. The topological polar surface area (TPSA) is 76.7 Å². The van der Waals surface area contributed by atoms with E-state index in [1.807, 2.05) is 25.2 Å². The van der Waals surface area contributed by atoms with Crippen LogP contribution in [-0.2, 0) is 11.3 Å². The van der Waals surface area contributed by atoms with Crippen LogP contribution in [0.5, 0.6) is 0 Å². The molecule has 126 valence electrons. The van der Waals surface area contributed by atoms with Crippen molar-refractivity contribution in [1.82, 2.24) is 0 Å². The minimum Gasteiger partial charge on any atom is -0.326 e. The lowest BCUT2D eigenvalue weighted by Crippen LogP contribution is -3.08. The number of nitro benzene ring substituents is 1. The highest BCUT2D eigenvalue weighted by atomic mass is 35.5. The molecule has 0 radical (unpaired) electrons. The van der Waals surface area contributed by atoms with Gasteiger partial charge in [-0.1, -0.05) is 35.3 Å². The fraction of sp³-hybridized carbons (Fsp3) is 0.188. The third-order valence-corrected chi connectivity index (χ3v) is 3.84. The number of nitrogens with zero attached hydrogens (tertiary/aromatic N) is 1. The Bertz CT molecular complexity index is 768. The van der Waals surface area contributed by atoms with Crippen molar-refractivity contribution >= 4 is 40.5 Å². The molecule has 2 aromatic rings. The summed E-state index contributed by atoms with van der Waals surface area (Å²) in [5, 5.41) is 14.1. The monoisotopic (exact) mass is 368 g/mol. The Kier molecular flexibility index (Phi) is 6.14. The summed E-state index contributed by atoms with van der Waals surface area (Å²) < 4.78 is 0. The highest BCUT2D eigenvalue weighted by molar-refractivity contribution is 6.34. The zero-order chi connectivity index (χ0) is 17.7. The van der Waals surface area contributed by atoms with Gasteiger partial charge in [-0.2, -0.15) is 0 Å². The highest BCUT2D eigenvalue weighted by Gasteiger charge is 2.14. The first kappa shape index (κ1) is 18.2. The molecule has 1 amide bonds. The summed E-state index contributed by atoms with van der Waals surface area (Å²) >= 11 is 11.9. The number of amides is 1. The van der Waals surface area contributed by atoms with E-state index in [0.29, 0.717) is 17.3 Å². The largest absolute Gasteiger partial charge is 0.326 e. The molecule has 0 saturated heterocycles. The summed E-state index contributed by atoms with van der Waals surface area (Å²) in [6.07, 6.45) is 0. The van der Waals surface area contributed by atoms with E-state index >= 15 is 0 Å². The summed E-state index contributed by atoms with van der Waals surface area (Å²) in [7, 11) is 1.89. The molecule has 1 atom stereocenters. The number of carbonyl (C=O) groups excluding carboxylic acids is 1. The van der Waals surface area contributed by atoms with Gasteiger partial charge in [-0.25, -0.2) is 0 Å². The van der Waals surface area contributed by atoms with E-state index in [4.69, 9.17) is 23.2 Å². The number of likely N-dealkylation sites (N-methyl/N-ethyl adjacent to an activating group) is 1. The number of nitro groups is 1. The second kappa shape index (κ2) is 8.10. The van der Waals surface area contributed by atoms with Gasteiger partial charge in [-0.3, -0.25) is 14.9 Å². The van der Waals surface area contributed by atoms with Gasteiger partial charge in [-0.15, -0.1) is 0 Å². The Hall–Kier alpha value is -2.15. The maximum Gasteiger partial charge on any atom is 0.279 e. The molecule has 2 N–H and O–H groups in total. The number of nitrogens with one attached hydrogen (secondary N) is 2. The van der Waals surface area contributed by atoms with Gasteiger partial charge in [0, 0.05) is 22.7 Å². The zero-order valence-electron chi connectivity index (χ0n) is 12.9. The van der Waals surface area contributed by atoms with Crippen LogP contribution in [0.2, 0.25) is 10.0 Å². The van der Waals surface area contributed by atoms with E-state index in [0.717, 1.165) is 10.5 Å². The van der Waals surface area contributed by atoms with Crippen molar-refractivity contribution in [3.63, 3.8) is 0 Å². The highest BCUT2D eigenvalue weighted by Crippen LogP contribution is 2.26. The summed E-state index contributed by atoms with van der Waals surface area (Å²) in [4.78, 5) is 23.2. The third kappa shape index (κ3) is 5.19. The molecule has 0 fully saturated rings. The van der Waals surface area contributed by atoms with Gasteiger partial charge in [0.1, 0.15) is 6.54 Å². The van der Waals surface area contributed by atoms with E-state index in [2.05, 4.69) is 5.32 Å². The summed E-state index contributed by atoms with van der Waals surface area (Å²) in [6.45, 7) is 0.863. The summed E-state index contributed by atoms with van der Waals surface area (Å²) in [5.74, 6) is -0.231. The maximum atomic E-state index is 12.1. The Labute approximate surface area is 149 Å². The normalized spacial score (nSPS) is 11.8. The number of quaternary nitrogens is 1. The van der Waals surface area contributed by atoms with Crippen molar-refractivity contribution in [2.45, 2.75) is 6.54 Å². The number of hydrogen-bond acceptors (Lipinski definition) is 3. The number of rotatable bonds is 6. The molecule has 0 aliphatic rings. The molecule has 6 nitrogen and oxygen atoms in total. The third-order valence-electron chi connectivity index (χ3n) is 3.29. The first-order valence-corrected chi connectivity index (χ1v) is 7.90. The molecule has 24 heavy (non-hydrogen) atoms. The van der Waals surface area contributed by atoms with Crippen LogP contribution >= 0.6 is 23.2 Å². The van der Waals surface area contributed by atoms with Crippen molar-refractivity contribution in [1.29, 1.82) is 0 Å². The van der Waals surface area contributed by atoms with Gasteiger partial charge in [0.2, 0.25) is 0 Å². The van der Waals surface area contributed by atoms with Crippen LogP contribution in [0, 0.1) is 10.1 Å². The van der Waals surface area contributed by atoms with Crippen molar-refractivity contribution in [3.8, 4) is 0 Å². The zero-order valence-corrected chi connectivity index (χ0v) is 14.4. The van der Waals surface area contributed by atoms with E-state index in [9.17, 15) is 14.9 Å². The quantitative estimate of drug-likeness (QED) is 0.607. The summed E-state index contributed by atoms with van der Waals surface area (Å²) in [5.41, 5.74) is 1.26.